The lowest BCUT2D eigenvalue weighted by molar-refractivity contribution is -0.136. The molecular weight excluding hydrogens is 803 g/mol. The molecule has 0 radical (unpaired) electrons. The van der Waals surface area contributed by atoms with Gasteiger partial charge in [0, 0.05) is 49.4 Å². The van der Waals surface area contributed by atoms with E-state index in [-0.39, 0.29) is 41.5 Å². The third-order valence-corrected chi connectivity index (χ3v) is 11.9. The molecule has 5 heterocycles. The lowest BCUT2D eigenvalue weighted by Crippen LogP contribution is -2.54. The van der Waals surface area contributed by atoms with E-state index in [1.165, 1.54) is 6.33 Å². The van der Waals surface area contributed by atoms with Gasteiger partial charge in [-0.15, -0.1) is 0 Å². The number of amides is 5. The van der Waals surface area contributed by atoms with E-state index in [9.17, 15) is 29.2 Å². The topological polar surface area (TPSA) is 222 Å². The summed E-state index contributed by atoms with van der Waals surface area (Å²) in [5.41, 5.74) is 8.60. The number of fused-ring (bicyclic) bond motifs is 2. The number of piperidine rings is 2. The van der Waals surface area contributed by atoms with Crippen LogP contribution in [0.3, 0.4) is 0 Å². The Morgan fingerprint density at radius 3 is 2.52 bits per heavy atom. The Hall–Kier alpha value is -7.45. The highest BCUT2D eigenvalue weighted by atomic mass is 16.5. The summed E-state index contributed by atoms with van der Waals surface area (Å²) in [4.78, 5) is 78.5. The van der Waals surface area contributed by atoms with E-state index in [2.05, 4.69) is 26.7 Å². The summed E-state index contributed by atoms with van der Waals surface area (Å²) in [5, 5.41) is 21.4. The SMILES string of the molecule is CN(CCCNc1cccc2c1C(=O)N(C1CCC(=O)NC1=O)C2=O)C(C)(C)/C=C(\C#N)C(=O)N1CCC[C@@H](n2nc(-c3ccc(Oc4ccccc4)cc3)c3c(N)ncnc32)C1. The zero-order valence-electron chi connectivity index (χ0n) is 35.2. The molecule has 0 saturated carbocycles. The van der Waals surface area contributed by atoms with Gasteiger partial charge in [0.05, 0.1) is 22.6 Å². The van der Waals surface area contributed by atoms with E-state index in [1.54, 1.807) is 29.2 Å². The van der Waals surface area contributed by atoms with Gasteiger partial charge in [0.2, 0.25) is 11.8 Å². The molecule has 3 aliphatic rings. The number of anilines is 2. The molecule has 63 heavy (non-hydrogen) atoms. The number of carbonyl (C=O) groups excluding carboxylic acids is 5. The van der Waals surface area contributed by atoms with Crippen LogP contribution in [0.15, 0.2) is 90.8 Å². The van der Waals surface area contributed by atoms with Gasteiger partial charge in [-0.25, -0.2) is 14.6 Å². The van der Waals surface area contributed by atoms with E-state index in [0.29, 0.717) is 73.0 Å². The fourth-order valence-corrected chi connectivity index (χ4v) is 8.36. The van der Waals surface area contributed by atoms with Gasteiger partial charge in [-0.05, 0) is 101 Å². The van der Waals surface area contributed by atoms with Gasteiger partial charge < -0.3 is 20.7 Å². The number of para-hydroxylation sites is 1. The first-order chi connectivity index (χ1) is 30.3. The first-order valence-corrected chi connectivity index (χ1v) is 20.9. The molecule has 8 rings (SSSR count). The number of likely N-dealkylation sites (N-methyl/N-ethyl adjacent to an activating group) is 1. The highest BCUT2D eigenvalue weighted by molar-refractivity contribution is 6.25. The molecule has 2 aromatic heterocycles. The number of rotatable bonds is 13. The third kappa shape index (κ3) is 8.45. The number of nitrogen functional groups attached to an aromatic ring is 1. The van der Waals surface area contributed by atoms with Crippen molar-refractivity contribution in [1.29, 1.82) is 5.26 Å². The van der Waals surface area contributed by atoms with Crippen molar-refractivity contribution in [2.45, 2.75) is 63.6 Å². The molecule has 0 bridgehead atoms. The predicted molar refractivity (Wildman–Crippen MR) is 233 cm³/mol. The standard InChI is InChI=1S/C46H47N11O6/c1-46(2,54(3)22-9-21-49-34-14-7-13-33-37(34)45(62)56(44(33)61)35-19-20-36(58)52-42(35)59)24-29(25-47)43(60)55-23-8-10-30(26-55)57-41-38(40(48)50-27-51-41)39(53-57)28-15-17-32(18-16-28)63-31-11-5-4-6-12-31/h4-7,11-18,24,27,30,35,49H,8-10,19-23,26H2,1-3H3,(H2,48,50,51)(H,52,58,59)/b29-24+/t30-,35?/m1/s1. The van der Waals surface area contributed by atoms with E-state index >= 15 is 0 Å². The van der Waals surface area contributed by atoms with Gasteiger partial charge >= 0.3 is 0 Å². The van der Waals surface area contributed by atoms with Crippen molar-refractivity contribution in [2.75, 3.05) is 44.3 Å². The molecule has 5 aromatic rings. The fraction of sp³-hybridized carbons (Fsp3) is 0.326. The normalized spacial score (nSPS) is 18.1. The number of likely N-dealkylation sites (tertiary alicyclic amines) is 1. The number of imide groups is 2. The number of benzene rings is 3. The molecule has 3 aromatic carbocycles. The zero-order valence-corrected chi connectivity index (χ0v) is 35.2. The van der Waals surface area contributed by atoms with Gasteiger partial charge in [0.15, 0.2) is 5.65 Å². The predicted octanol–water partition coefficient (Wildman–Crippen LogP) is 5.10. The molecule has 2 atom stereocenters. The maximum Gasteiger partial charge on any atom is 0.264 e. The monoisotopic (exact) mass is 849 g/mol. The molecule has 1 unspecified atom stereocenters. The van der Waals surface area contributed by atoms with Crippen molar-refractivity contribution in [2.24, 2.45) is 0 Å². The number of carbonyl (C=O) groups is 5. The fourth-order valence-electron chi connectivity index (χ4n) is 8.36. The van der Waals surface area contributed by atoms with Crippen LogP contribution < -0.4 is 21.1 Å². The Labute approximate surface area is 363 Å². The molecule has 17 nitrogen and oxygen atoms in total. The largest absolute Gasteiger partial charge is 0.457 e. The summed E-state index contributed by atoms with van der Waals surface area (Å²) in [6.07, 6.45) is 5.25. The smallest absolute Gasteiger partial charge is 0.264 e. The Morgan fingerprint density at radius 1 is 1.02 bits per heavy atom. The summed E-state index contributed by atoms with van der Waals surface area (Å²) in [6, 6.07) is 22.9. The van der Waals surface area contributed by atoms with Gasteiger partial charge in [-0.3, -0.25) is 39.1 Å². The number of nitrogens with two attached hydrogens (primary N) is 1. The highest BCUT2D eigenvalue weighted by Gasteiger charge is 2.45. The van der Waals surface area contributed by atoms with E-state index < -0.39 is 35.2 Å². The molecular formula is C46H47N11O6. The van der Waals surface area contributed by atoms with Crippen LogP contribution in [0, 0.1) is 11.3 Å². The summed E-state index contributed by atoms with van der Waals surface area (Å²) in [7, 11) is 1.91. The van der Waals surface area contributed by atoms with Crippen LogP contribution >= 0.6 is 0 Å². The number of hydrogen-bond donors (Lipinski definition) is 3. The summed E-state index contributed by atoms with van der Waals surface area (Å²) >= 11 is 0. The van der Waals surface area contributed by atoms with Crippen LogP contribution in [0.5, 0.6) is 11.5 Å². The minimum atomic E-state index is -1.05. The van der Waals surface area contributed by atoms with Crippen molar-refractivity contribution in [3.8, 4) is 28.8 Å². The van der Waals surface area contributed by atoms with Crippen LogP contribution in [0.2, 0.25) is 0 Å². The quantitative estimate of drug-likeness (QED) is 0.0609. The molecule has 17 heteroatoms. The van der Waals surface area contributed by atoms with Gasteiger partial charge in [-0.2, -0.15) is 10.4 Å². The highest BCUT2D eigenvalue weighted by Crippen LogP contribution is 2.36. The number of nitrogens with one attached hydrogen (secondary N) is 2. The van der Waals surface area contributed by atoms with Crippen molar-refractivity contribution in [1.82, 2.24) is 39.8 Å². The van der Waals surface area contributed by atoms with Crippen molar-refractivity contribution in [3.05, 3.63) is 102 Å². The zero-order chi connectivity index (χ0) is 44.4. The van der Waals surface area contributed by atoms with E-state index in [0.717, 1.165) is 22.6 Å². The first kappa shape index (κ1) is 42.2. The van der Waals surface area contributed by atoms with E-state index in [4.69, 9.17) is 15.6 Å². The summed E-state index contributed by atoms with van der Waals surface area (Å²) in [6.45, 7) is 5.65. The van der Waals surface area contributed by atoms with Crippen LogP contribution in [0.1, 0.15) is 72.7 Å². The van der Waals surface area contributed by atoms with Crippen molar-refractivity contribution >= 4 is 52.1 Å². The molecule has 3 aliphatic heterocycles. The number of hydrogen-bond acceptors (Lipinski definition) is 13. The molecule has 0 aliphatic carbocycles. The molecule has 322 valence electrons. The number of aromatic nitrogens is 4. The Kier molecular flexibility index (Phi) is 11.7. The molecule has 4 N–H and O–H groups in total. The van der Waals surface area contributed by atoms with Gasteiger partial charge in [0.1, 0.15) is 47.0 Å². The maximum atomic E-state index is 14.1. The average molecular weight is 850 g/mol. The van der Waals surface area contributed by atoms with Crippen LogP contribution in [0.25, 0.3) is 22.3 Å². The average Bonchev–Trinajstić information content (AvgIpc) is 3.80. The van der Waals surface area contributed by atoms with Gasteiger partial charge in [0.25, 0.3) is 17.7 Å². The first-order valence-electron chi connectivity index (χ1n) is 20.9. The Bertz CT molecular complexity index is 2690. The van der Waals surface area contributed by atoms with Crippen LogP contribution in [0.4, 0.5) is 11.5 Å². The number of nitrogens with zero attached hydrogens (tertiary/aromatic N) is 8. The third-order valence-electron chi connectivity index (χ3n) is 11.9. The molecule has 0 spiro atoms. The Morgan fingerprint density at radius 2 is 1.78 bits per heavy atom. The molecule has 2 fully saturated rings. The second kappa shape index (κ2) is 17.5. The summed E-state index contributed by atoms with van der Waals surface area (Å²) < 4.78 is 7.81. The summed E-state index contributed by atoms with van der Waals surface area (Å²) in [5.74, 6) is -0.933. The van der Waals surface area contributed by atoms with Crippen LogP contribution in [-0.4, -0.2) is 109 Å². The second-order valence-electron chi connectivity index (χ2n) is 16.4. The second-order valence-corrected chi connectivity index (χ2v) is 16.4. The lowest BCUT2D eigenvalue weighted by Gasteiger charge is -2.35. The minimum absolute atomic E-state index is 0.0320. The molecule has 2 saturated heterocycles. The Balaban J connectivity index is 0.908. The van der Waals surface area contributed by atoms with E-state index in [1.807, 2.05) is 85.1 Å². The number of nitriles is 1. The van der Waals surface area contributed by atoms with Crippen molar-refractivity contribution < 1.29 is 28.7 Å². The molecule has 5 amide bonds. The minimum Gasteiger partial charge on any atom is -0.457 e. The van der Waals surface area contributed by atoms with Gasteiger partial charge in [-0.1, -0.05) is 24.3 Å². The lowest BCUT2D eigenvalue weighted by atomic mass is 9.97. The van der Waals surface area contributed by atoms with Crippen molar-refractivity contribution in [3.63, 3.8) is 0 Å². The van der Waals surface area contributed by atoms with Crippen LogP contribution in [-0.2, 0) is 14.4 Å². The maximum absolute atomic E-state index is 14.1. The number of ether oxygens (including phenoxy) is 1.